The van der Waals surface area contributed by atoms with Crippen molar-refractivity contribution in [1.82, 2.24) is 4.90 Å². The molecule has 0 atom stereocenters. The van der Waals surface area contributed by atoms with E-state index in [9.17, 15) is 4.79 Å². The maximum Gasteiger partial charge on any atom is 0.209 e. The molecule has 0 saturated heterocycles. The number of carbonyl (C=O) groups excluding carboxylic acids is 1. The van der Waals surface area contributed by atoms with Gasteiger partial charge in [-0.3, -0.25) is 4.79 Å². The van der Waals surface area contributed by atoms with Gasteiger partial charge in [-0.05, 0) is 0 Å². The first kappa shape index (κ1) is 9.50. The predicted molar refractivity (Wildman–Crippen MR) is 35.2 cm³/mol. The fourth-order valence-corrected chi connectivity index (χ4v) is 0. The molecule has 2 nitrogen and oxygen atoms in total. The van der Waals surface area contributed by atoms with Crippen LogP contribution in [0.2, 0.25) is 0 Å². The summed E-state index contributed by atoms with van der Waals surface area (Å²) in [6.07, 6.45) is 0.750. The Hall–Kier alpha value is 0.200. The van der Waals surface area contributed by atoms with Crippen molar-refractivity contribution in [3.8, 4) is 0 Å². The van der Waals surface area contributed by atoms with Gasteiger partial charge in [0.15, 0.2) is 0 Å². The SMILES string of the molecule is CN(C)C=O.I. The second-order valence-electron chi connectivity index (χ2n) is 1.07. The summed E-state index contributed by atoms with van der Waals surface area (Å²) in [6.45, 7) is 0. The number of hydrogen-bond donors (Lipinski definition) is 0. The van der Waals surface area contributed by atoms with Crippen molar-refractivity contribution >= 4 is 30.4 Å². The molecule has 0 aromatic rings. The highest BCUT2D eigenvalue weighted by Gasteiger charge is 1.68. The summed E-state index contributed by atoms with van der Waals surface area (Å²) in [5, 5.41) is 0. The minimum Gasteiger partial charge on any atom is -0.351 e. The first-order valence-electron chi connectivity index (χ1n) is 1.39. The van der Waals surface area contributed by atoms with E-state index in [0.29, 0.717) is 0 Å². The van der Waals surface area contributed by atoms with Crippen LogP contribution in [0.3, 0.4) is 0 Å². The third kappa shape index (κ3) is 8.89. The van der Waals surface area contributed by atoms with E-state index < -0.39 is 0 Å². The molecule has 0 aliphatic heterocycles. The molecule has 0 heterocycles. The number of hydrogen-bond acceptors (Lipinski definition) is 1. The summed E-state index contributed by atoms with van der Waals surface area (Å²) in [7, 11) is 3.38. The van der Waals surface area contributed by atoms with Gasteiger partial charge in [0.05, 0.1) is 0 Å². The molecular formula is C3H8INO. The summed E-state index contributed by atoms with van der Waals surface area (Å²) < 4.78 is 0. The van der Waals surface area contributed by atoms with Gasteiger partial charge >= 0.3 is 0 Å². The zero-order valence-electron chi connectivity index (χ0n) is 3.84. The lowest BCUT2D eigenvalue weighted by atomic mass is 11.0. The van der Waals surface area contributed by atoms with E-state index in [1.165, 1.54) is 4.90 Å². The van der Waals surface area contributed by atoms with Crippen molar-refractivity contribution < 1.29 is 4.79 Å². The Balaban J connectivity index is 0. The second-order valence-corrected chi connectivity index (χ2v) is 1.07. The van der Waals surface area contributed by atoms with E-state index in [1.54, 1.807) is 14.1 Å². The molecule has 0 aliphatic rings. The smallest absolute Gasteiger partial charge is 0.209 e. The molecule has 6 heavy (non-hydrogen) atoms. The van der Waals surface area contributed by atoms with Crippen LogP contribution in [-0.2, 0) is 4.79 Å². The van der Waals surface area contributed by atoms with Crippen molar-refractivity contribution in [2.45, 2.75) is 0 Å². The standard InChI is InChI=1S/C3H7NO.HI/c1-4(2)3-5;/h3H,1-2H3;1H. The van der Waals surface area contributed by atoms with Gasteiger partial charge < -0.3 is 4.90 Å². The van der Waals surface area contributed by atoms with Crippen LogP contribution >= 0.6 is 24.0 Å². The van der Waals surface area contributed by atoms with Crippen LogP contribution in [0.4, 0.5) is 0 Å². The van der Waals surface area contributed by atoms with E-state index in [1.807, 2.05) is 0 Å². The number of amides is 1. The molecule has 0 aromatic heterocycles. The van der Waals surface area contributed by atoms with Crippen molar-refractivity contribution in [2.75, 3.05) is 14.1 Å². The lowest BCUT2D eigenvalue weighted by molar-refractivity contribution is -0.115. The van der Waals surface area contributed by atoms with Gasteiger partial charge in [-0.1, -0.05) is 0 Å². The molecule has 38 valence electrons. The van der Waals surface area contributed by atoms with Crippen LogP contribution in [-0.4, -0.2) is 25.4 Å². The Morgan fingerprint density at radius 3 is 1.67 bits per heavy atom. The maximum atomic E-state index is 9.43. The lowest BCUT2D eigenvalue weighted by Crippen LogP contribution is -2.06. The summed E-state index contributed by atoms with van der Waals surface area (Å²) in [4.78, 5) is 10.9. The van der Waals surface area contributed by atoms with Crippen LogP contribution in [0.15, 0.2) is 0 Å². The molecule has 0 rings (SSSR count). The topological polar surface area (TPSA) is 20.3 Å². The maximum absolute atomic E-state index is 9.43. The zero-order valence-corrected chi connectivity index (χ0v) is 6.17. The molecule has 0 saturated carbocycles. The van der Waals surface area contributed by atoms with Gasteiger partial charge in [-0.15, -0.1) is 24.0 Å². The molecule has 0 radical (unpaired) electrons. The minimum atomic E-state index is 0. The summed E-state index contributed by atoms with van der Waals surface area (Å²) in [5.74, 6) is 0. The summed E-state index contributed by atoms with van der Waals surface area (Å²) in [6, 6.07) is 0. The van der Waals surface area contributed by atoms with E-state index in [-0.39, 0.29) is 24.0 Å². The zero-order chi connectivity index (χ0) is 4.28. The van der Waals surface area contributed by atoms with E-state index >= 15 is 0 Å². The number of carbonyl (C=O) groups is 1. The third-order valence-corrected chi connectivity index (χ3v) is 0.211. The quantitative estimate of drug-likeness (QED) is 0.442. The average molecular weight is 201 g/mol. The lowest BCUT2D eigenvalue weighted by Gasteiger charge is -1.93. The molecule has 3 heteroatoms. The molecule has 0 bridgehead atoms. The highest BCUT2D eigenvalue weighted by atomic mass is 127. The predicted octanol–water partition coefficient (Wildman–Crippen LogP) is 0.322. The molecular weight excluding hydrogens is 193 g/mol. The van der Waals surface area contributed by atoms with Crippen LogP contribution in [0, 0.1) is 0 Å². The first-order valence-corrected chi connectivity index (χ1v) is 1.39. The third-order valence-electron chi connectivity index (χ3n) is 0.211. The highest BCUT2D eigenvalue weighted by Crippen LogP contribution is 1.52. The van der Waals surface area contributed by atoms with Gasteiger partial charge in [0, 0.05) is 14.1 Å². The van der Waals surface area contributed by atoms with Crippen molar-refractivity contribution in [1.29, 1.82) is 0 Å². The molecule has 0 unspecified atom stereocenters. The highest BCUT2D eigenvalue weighted by molar-refractivity contribution is 14.0. The van der Waals surface area contributed by atoms with Gasteiger partial charge in [0.25, 0.3) is 0 Å². The molecule has 1 amide bonds. The van der Waals surface area contributed by atoms with E-state index in [0.717, 1.165) is 6.41 Å². The normalized spacial score (nSPS) is 5.67. The molecule has 0 spiro atoms. The van der Waals surface area contributed by atoms with Crippen LogP contribution in [0.1, 0.15) is 0 Å². The van der Waals surface area contributed by atoms with E-state index in [2.05, 4.69) is 0 Å². The number of halogens is 1. The largest absolute Gasteiger partial charge is 0.351 e. The Bertz CT molecular complexity index is 37.8. The number of rotatable bonds is 1. The fraction of sp³-hybridized carbons (Fsp3) is 0.667. The number of nitrogens with zero attached hydrogens (tertiary/aromatic N) is 1. The van der Waals surface area contributed by atoms with Crippen molar-refractivity contribution in [3.05, 3.63) is 0 Å². The van der Waals surface area contributed by atoms with Gasteiger partial charge in [-0.2, -0.15) is 0 Å². The minimum absolute atomic E-state index is 0. The van der Waals surface area contributed by atoms with Crippen molar-refractivity contribution in [2.24, 2.45) is 0 Å². The molecule has 0 fully saturated rings. The Labute approximate surface area is 54.5 Å². The van der Waals surface area contributed by atoms with Gasteiger partial charge in [0.2, 0.25) is 6.41 Å². The molecule has 0 N–H and O–H groups in total. The molecule has 0 aliphatic carbocycles. The molecule has 0 aromatic carbocycles. The monoisotopic (exact) mass is 201 g/mol. The Morgan fingerprint density at radius 2 is 1.67 bits per heavy atom. The Morgan fingerprint density at radius 1 is 1.50 bits per heavy atom. The van der Waals surface area contributed by atoms with Crippen LogP contribution < -0.4 is 0 Å². The fourth-order valence-electron chi connectivity index (χ4n) is 0. The van der Waals surface area contributed by atoms with E-state index in [4.69, 9.17) is 0 Å². The Kier molecular flexibility index (Phi) is 8.24. The average Bonchev–Trinajstić information content (AvgIpc) is 1.38. The summed E-state index contributed by atoms with van der Waals surface area (Å²) in [5.41, 5.74) is 0. The van der Waals surface area contributed by atoms with Crippen LogP contribution in [0.25, 0.3) is 0 Å². The first-order chi connectivity index (χ1) is 2.27. The van der Waals surface area contributed by atoms with Gasteiger partial charge in [-0.25, -0.2) is 0 Å². The second kappa shape index (κ2) is 5.20. The van der Waals surface area contributed by atoms with Crippen molar-refractivity contribution in [3.63, 3.8) is 0 Å². The summed E-state index contributed by atoms with van der Waals surface area (Å²) >= 11 is 0. The van der Waals surface area contributed by atoms with Crippen LogP contribution in [0.5, 0.6) is 0 Å². The van der Waals surface area contributed by atoms with Gasteiger partial charge in [0.1, 0.15) is 0 Å².